The summed E-state index contributed by atoms with van der Waals surface area (Å²) in [7, 11) is 0. The molecule has 1 aromatic heterocycles. The van der Waals surface area contributed by atoms with Gasteiger partial charge in [0.1, 0.15) is 12.2 Å². The molecule has 27 heavy (non-hydrogen) atoms. The number of fused-ring (bicyclic) bond motifs is 1. The van der Waals surface area contributed by atoms with Crippen LogP contribution in [0.3, 0.4) is 0 Å². The number of aromatic nitrogens is 2. The topological polar surface area (TPSA) is 96.3 Å². The van der Waals surface area contributed by atoms with E-state index in [9.17, 15) is 14.4 Å². The largest absolute Gasteiger partial charge is 0.345 e. The van der Waals surface area contributed by atoms with E-state index in [2.05, 4.69) is 20.5 Å². The molecule has 2 amide bonds. The number of piperidine rings is 1. The zero-order valence-electron chi connectivity index (χ0n) is 15.5. The molecular formula is C19H25N5O3. The van der Waals surface area contributed by atoms with Crippen molar-refractivity contribution < 1.29 is 9.59 Å². The number of nitrogens with zero attached hydrogens (tertiary/aromatic N) is 3. The molecule has 0 aliphatic carbocycles. The van der Waals surface area contributed by atoms with Crippen LogP contribution in [0.2, 0.25) is 0 Å². The van der Waals surface area contributed by atoms with Crippen LogP contribution in [0.1, 0.15) is 25.0 Å². The molecule has 1 aliphatic heterocycles. The van der Waals surface area contributed by atoms with E-state index < -0.39 is 0 Å². The zero-order valence-corrected chi connectivity index (χ0v) is 15.5. The Labute approximate surface area is 157 Å². The van der Waals surface area contributed by atoms with Crippen LogP contribution in [0.4, 0.5) is 0 Å². The van der Waals surface area contributed by atoms with E-state index in [1.54, 1.807) is 25.1 Å². The first-order valence-electron chi connectivity index (χ1n) is 9.26. The predicted octanol–water partition coefficient (Wildman–Crippen LogP) is 0.381. The summed E-state index contributed by atoms with van der Waals surface area (Å²) >= 11 is 0. The SMILES string of the molecule is Cc1nc2ccccc2n(CC(=O)NCC(=O)NCN2CCCCC2)c1=O. The van der Waals surface area contributed by atoms with Crippen LogP contribution >= 0.6 is 0 Å². The van der Waals surface area contributed by atoms with Crippen molar-refractivity contribution in [3.63, 3.8) is 0 Å². The van der Waals surface area contributed by atoms with Crippen molar-refractivity contribution in [2.45, 2.75) is 32.7 Å². The number of aryl methyl sites for hydroxylation is 1. The molecule has 1 aliphatic rings. The fourth-order valence-electron chi connectivity index (χ4n) is 3.24. The fourth-order valence-corrected chi connectivity index (χ4v) is 3.24. The molecule has 0 atom stereocenters. The van der Waals surface area contributed by atoms with Crippen molar-refractivity contribution >= 4 is 22.8 Å². The number of hydrogen-bond donors (Lipinski definition) is 2. The van der Waals surface area contributed by atoms with Gasteiger partial charge in [-0.2, -0.15) is 0 Å². The second-order valence-corrected chi connectivity index (χ2v) is 6.79. The maximum Gasteiger partial charge on any atom is 0.272 e. The quantitative estimate of drug-likeness (QED) is 0.765. The third kappa shape index (κ3) is 4.91. The van der Waals surface area contributed by atoms with Crippen LogP contribution in [0, 0.1) is 6.92 Å². The molecule has 0 radical (unpaired) electrons. The second kappa shape index (κ2) is 8.77. The first-order chi connectivity index (χ1) is 13.0. The maximum absolute atomic E-state index is 12.4. The van der Waals surface area contributed by atoms with Crippen LogP contribution < -0.4 is 16.2 Å². The van der Waals surface area contributed by atoms with Gasteiger partial charge in [0.15, 0.2) is 0 Å². The molecule has 8 nitrogen and oxygen atoms in total. The van der Waals surface area contributed by atoms with Gasteiger partial charge in [-0.05, 0) is 45.0 Å². The molecule has 1 fully saturated rings. The number of para-hydroxylation sites is 2. The van der Waals surface area contributed by atoms with E-state index in [1.807, 2.05) is 6.07 Å². The highest BCUT2D eigenvalue weighted by molar-refractivity contribution is 5.85. The van der Waals surface area contributed by atoms with Crippen LogP contribution in [-0.2, 0) is 16.1 Å². The summed E-state index contributed by atoms with van der Waals surface area (Å²) in [5, 5.41) is 5.40. The lowest BCUT2D eigenvalue weighted by Crippen LogP contribution is -2.44. The van der Waals surface area contributed by atoms with Crippen molar-refractivity contribution in [1.29, 1.82) is 0 Å². The molecule has 0 unspecified atom stereocenters. The highest BCUT2D eigenvalue weighted by atomic mass is 16.2. The third-order valence-electron chi connectivity index (χ3n) is 4.71. The lowest BCUT2D eigenvalue weighted by molar-refractivity contribution is -0.126. The van der Waals surface area contributed by atoms with Crippen molar-refractivity contribution in [1.82, 2.24) is 25.1 Å². The summed E-state index contributed by atoms with van der Waals surface area (Å²) in [4.78, 5) is 43.0. The maximum atomic E-state index is 12.4. The average molecular weight is 371 g/mol. The number of hydrogen-bond acceptors (Lipinski definition) is 5. The smallest absolute Gasteiger partial charge is 0.272 e. The molecule has 2 N–H and O–H groups in total. The van der Waals surface area contributed by atoms with Gasteiger partial charge < -0.3 is 10.6 Å². The molecular weight excluding hydrogens is 346 g/mol. The van der Waals surface area contributed by atoms with Gasteiger partial charge in [0.2, 0.25) is 11.8 Å². The van der Waals surface area contributed by atoms with Gasteiger partial charge in [0.05, 0.1) is 24.2 Å². The van der Waals surface area contributed by atoms with Gasteiger partial charge in [-0.1, -0.05) is 18.6 Å². The first-order valence-corrected chi connectivity index (χ1v) is 9.26. The average Bonchev–Trinajstić information content (AvgIpc) is 2.69. The molecule has 144 valence electrons. The number of carbonyl (C=O) groups excluding carboxylic acids is 2. The normalized spacial score (nSPS) is 14.9. The zero-order chi connectivity index (χ0) is 19.2. The molecule has 1 saturated heterocycles. The van der Waals surface area contributed by atoms with Gasteiger partial charge in [-0.15, -0.1) is 0 Å². The number of rotatable bonds is 6. The highest BCUT2D eigenvalue weighted by Crippen LogP contribution is 2.09. The molecule has 2 heterocycles. The summed E-state index contributed by atoms with van der Waals surface area (Å²) in [6, 6.07) is 7.17. The van der Waals surface area contributed by atoms with Gasteiger partial charge in [-0.3, -0.25) is 23.9 Å². The Morgan fingerprint density at radius 3 is 2.59 bits per heavy atom. The molecule has 1 aromatic carbocycles. The Bertz CT molecular complexity index is 887. The number of carbonyl (C=O) groups is 2. The first kappa shape index (κ1) is 19.0. The van der Waals surface area contributed by atoms with Crippen LogP contribution in [-0.4, -0.2) is 52.6 Å². The Kier molecular flexibility index (Phi) is 6.18. The lowest BCUT2D eigenvalue weighted by atomic mass is 10.1. The standard InChI is InChI=1S/C19H25N5O3/c1-14-19(27)24(16-8-4-3-7-15(16)22-14)12-18(26)20-11-17(25)21-13-23-9-5-2-6-10-23/h3-4,7-8H,2,5-6,9-13H2,1H3,(H,20,26)(H,21,25). The number of likely N-dealkylation sites (tertiary alicyclic amines) is 1. The highest BCUT2D eigenvalue weighted by Gasteiger charge is 2.13. The van der Waals surface area contributed by atoms with E-state index in [-0.39, 0.29) is 30.5 Å². The molecule has 8 heteroatoms. The van der Waals surface area contributed by atoms with E-state index in [0.29, 0.717) is 23.4 Å². The number of amides is 2. The summed E-state index contributed by atoms with van der Waals surface area (Å²) in [6.07, 6.45) is 3.55. The van der Waals surface area contributed by atoms with E-state index in [4.69, 9.17) is 0 Å². The predicted molar refractivity (Wildman–Crippen MR) is 102 cm³/mol. The lowest BCUT2D eigenvalue weighted by Gasteiger charge is -2.26. The van der Waals surface area contributed by atoms with E-state index in [1.165, 1.54) is 11.0 Å². The van der Waals surface area contributed by atoms with Gasteiger partial charge >= 0.3 is 0 Å². The fraction of sp³-hybridized carbons (Fsp3) is 0.474. The molecule has 0 saturated carbocycles. The summed E-state index contributed by atoms with van der Waals surface area (Å²) in [6.45, 7) is 3.85. The molecule has 3 rings (SSSR count). The Morgan fingerprint density at radius 2 is 1.81 bits per heavy atom. The summed E-state index contributed by atoms with van der Waals surface area (Å²) in [5.74, 6) is -0.627. The summed E-state index contributed by atoms with van der Waals surface area (Å²) < 4.78 is 1.39. The van der Waals surface area contributed by atoms with Gasteiger partial charge in [0, 0.05) is 0 Å². The van der Waals surface area contributed by atoms with Crippen LogP contribution in [0.5, 0.6) is 0 Å². The minimum Gasteiger partial charge on any atom is -0.345 e. The van der Waals surface area contributed by atoms with Crippen molar-refractivity contribution in [3.05, 3.63) is 40.3 Å². The number of nitrogens with one attached hydrogen (secondary N) is 2. The van der Waals surface area contributed by atoms with E-state index >= 15 is 0 Å². The molecule has 2 aromatic rings. The Morgan fingerprint density at radius 1 is 1.07 bits per heavy atom. The number of benzene rings is 1. The second-order valence-electron chi connectivity index (χ2n) is 6.79. The van der Waals surface area contributed by atoms with Gasteiger partial charge in [0.25, 0.3) is 5.56 Å². The Balaban J connectivity index is 1.55. The summed E-state index contributed by atoms with van der Waals surface area (Å²) in [5.41, 5.74) is 1.28. The van der Waals surface area contributed by atoms with Gasteiger partial charge in [-0.25, -0.2) is 4.98 Å². The third-order valence-corrected chi connectivity index (χ3v) is 4.71. The molecule has 0 bridgehead atoms. The monoisotopic (exact) mass is 371 g/mol. The van der Waals surface area contributed by atoms with Crippen molar-refractivity contribution in [2.24, 2.45) is 0 Å². The van der Waals surface area contributed by atoms with Crippen molar-refractivity contribution in [3.8, 4) is 0 Å². The molecule has 0 spiro atoms. The minimum atomic E-state index is -0.388. The van der Waals surface area contributed by atoms with Crippen LogP contribution in [0.25, 0.3) is 11.0 Å². The van der Waals surface area contributed by atoms with Crippen LogP contribution in [0.15, 0.2) is 29.1 Å². The Hall–Kier alpha value is -2.74. The van der Waals surface area contributed by atoms with E-state index in [0.717, 1.165) is 25.9 Å². The van der Waals surface area contributed by atoms with Crippen molar-refractivity contribution in [2.75, 3.05) is 26.3 Å². The minimum absolute atomic E-state index is 0.108.